The summed E-state index contributed by atoms with van der Waals surface area (Å²) in [5.41, 5.74) is 6.63. The fraction of sp³-hybridized carbons (Fsp3) is 0.256. The van der Waals surface area contributed by atoms with Gasteiger partial charge in [-0.15, -0.1) is 0 Å². The second-order valence-corrected chi connectivity index (χ2v) is 12.2. The van der Waals surface area contributed by atoms with E-state index in [0.29, 0.717) is 29.4 Å². The van der Waals surface area contributed by atoms with Crippen LogP contribution in [0.5, 0.6) is 11.5 Å². The van der Waals surface area contributed by atoms with E-state index in [2.05, 4.69) is 34.5 Å². The largest absolute Gasteiger partial charge is 0.493 e. The maximum Gasteiger partial charge on any atom is 0.335 e. The van der Waals surface area contributed by atoms with Gasteiger partial charge in [0.2, 0.25) is 0 Å². The van der Waals surface area contributed by atoms with Gasteiger partial charge in [0, 0.05) is 30.6 Å². The van der Waals surface area contributed by atoms with Gasteiger partial charge in [-0.3, -0.25) is 14.9 Å². The monoisotopic (exact) mass is 627 g/mol. The molecule has 3 aliphatic rings. The highest BCUT2D eigenvalue weighted by molar-refractivity contribution is 6.39. The Labute approximate surface area is 274 Å². The fourth-order valence-corrected chi connectivity index (χ4v) is 7.13. The minimum Gasteiger partial charge on any atom is -0.493 e. The molecule has 4 amide bonds. The number of barbiturate groups is 1. The molecule has 0 saturated carbocycles. The van der Waals surface area contributed by atoms with E-state index in [-0.39, 0.29) is 17.4 Å². The van der Waals surface area contributed by atoms with E-state index in [1.54, 1.807) is 25.3 Å². The third-order valence-electron chi connectivity index (χ3n) is 9.32. The van der Waals surface area contributed by atoms with Crippen molar-refractivity contribution in [2.75, 3.05) is 36.6 Å². The normalized spacial score (nSPS) is 19.8. The number of hydrogen-bond acceptors (Lipinski definition) is 6. The molecule has 2 atom stereocenters. The van der Waals surface area contributed by atoms with E-state index >= 15 is 0 Å². The number of imide groups is 2. The molecule has 3 aliphatic heterocycles. The third-order valence-corrected chi connectivity index (χ3v) is 9.32. The van der Waals surface area contributed by atoms with Crippen LogP contribution in [0, 0.1) is 0 Å². The number of amides is 4. The van der Waals surface area contributed by atoms with Crippen molar-refractivity contribution in [3.8, 4) is 11.5 Å². The first kappa shape index (κ1) is 30.3. The van der Waals surface area contributed by atoms with Crippen LogP contribution in [-0.4, -0.2) is 44.7 Å². The number of hydrogen-bond donors (Lipinski definition) is 1. The molecule has 0 aromatic heterocycles. The predicted octanol–water partition coefficient (Wildman–Crippen LogP) is 7.03. The molecule has 0 unspecified atom stereocenters. The number of urea groups is 1. The first-order valence-corrected chi connectivity index (χ1v) is 16.2. The van der Waals surface area contributed by atoms with Gasteiger partial charge in [-0.2, -0.15) is 0 Å². The number of methoxy groups -OCH3 is 1. The average Bonchev–Trinajstić information content (AvgIpc) is 3.10. The van der Waals surface area contributed by atoms with Crippen molar-refractivity contribution < 1.29 is 23.9 Å². The summed E-state index contributed by atoms with van der Waals surface area (Å²) in [5.74, 6) is -0.164. The van der Waals surface area contributed by atoms with E-state index in [1.807, 2.05) is 55.5 Å². The summed E-state index contributed by atoms with van der Waals surface area (Å²) in [6.07, 6.45) is 4.17. The van der Waals surface area contributed by atoms with E-state index in [4.69, 9.17) is 9.47 Å². The molecule has 4 aromatic carbocycles. The second-order valence-electron chi connectivity index (χ2n) is 12.2. The highest BCUT2D eigenvalue weighted by atomic mass is 16.5. The molecule has 4 aromatic rings. The standard InChI is InChI=1S/C39H37N3O5/c1-3-20-47-34-15-14-25(22-35(34)46-2)21-33-37(43)40-39(45)42(38(33)44)28-23-31-29(26-10-6-4-7-11-26)16-18-41-19-17-30(32(24-28)36(31)41)27-12-8-5-9-13-27/h4-15,21-24,29-30H,3,16-20H2,1-2H3,(H,40,43,45)/b33-21+/t29-,30+. The molecule has 1 N–H and O–H groups in total. The van der Waals surface area contributed by atoms with Gasteiger partial charge < -0.3 is 14.4 Å². The molecule has 8 heteroatoms. The first-order chi connectivity index (χ1) is 23.0. The molecule has 7 rings (SSSR count). The Kier molecular flexibility index (Phi) is 8.24. The highest BCUT2D eigenvalue weighted by Crippen LogP contribution is 2.50. The number of carbonyl (C=O) groups excluding carboxylic acids is 3. The molecular weight excluding hydrogens is 590 g/mol. The summed E-state index contributed by atoms with van der Waals surface area (Å²) in [5, 5.41) is 2.42. The van der Waals surface area contributed by atoms with Gasteiger partial charge in [0.05, 0.1) is 19.4 Å². The van der Waals surface area contributed by atoms with Crippen LogP contribution in [-0.2, 0) is 9.59 Å². The molecule has 0 aliphatic carbocycles. The van der Waals surface area contributed by atoms with Gasteiger partial charge >= 0.3 is 6.03 Å². The van der Waals surface area contributed by atoms with E-state index in [9.17, 15) is 14.4 Å². The zero-order valence-electron chi connectivity index (χ0n) is 26.6. The lowest BCUT2D eigenvalue weighted by molar-refractivity contribution is -0.122. The quantitative estimate of drug-likeness (QED) is 0.167. The Morgan fingerprint density at radius 1 is 0.809 bits per heavy atom. The molecule has 0 bridgehead atoms. The highest BCUT2D eigenvalue weighted by Gasteiger charge is 2.40. The fourth-order valence-electron chi connectivity index (χ4n) is 7.13. The zero-order chi connectivity index (χ0) is 32.5. The maximum absolute atomic E-state index is 14.2. The molecule has 8 nitrogen and oxygen atoms in total. The molecule has 238 valence electrons. The summed E-state index contributed by atoms with van der Waals surface area (Å²) in [4.78, 5) is 44.4. The Morgan fingerprint density at radius 3 is 2.00 bits per heavy atom. The molecular formula is C39H37N3O5. The van der Waals surface area contributed by atoms with Crippen molar-refractivity contribution in [3.05, 3.63) is 124 Å². The summed E-state index contributed by atoms with van der Waals surface area (Å²) < 4.78 is 11.3. The molecule has 47 heavy (non-hydrogen) atoms. The van der Waals surface area contributed by atoms with Crippen molar-refractivity contribution in [1.29, 1.82) is 0 Å². The van der Waals surface area contributed by atoms with Crippen molar-refractivity contribution in [2.24, 2.45) is 0 Å². The van der Waals surface area contributed by atoms with E-state index in [1.165, 1.54) is 22.9 Å². The summed E-state index contributed by atoms with van der Waals surface area (Å²) in [6.45, 7) is 4.40. The second kappa shape index (κ2) is 12.8. The topological polar surface area (TPSA) is 88.2 Å². The van der Waals surface area contributed by atoms with Crippen LogP contribution in [0.15, 0.2) is 96.6 Å². The number of carbonyl (C=O) groups is 3. The lowest BCUT2D eigenvalue weighted by atomic mass is 9.76. The van der Waals surface area contributed by atoms with Gasteiger partial charge in [-0.1, -0.05) is 73.7 Å². The van der Waals surface area contributed by atoms with Gasteiger partial charge in [0.15, 0.2) is 11.5 Å². The number of benzene rings is 4. The number of rotatable bonds is 8. The van der Waals surface area contributed by atoms with Crippen LogP contribution in [0.1, 0.15) is 65.8 Å². The van der Waals surface area contributed by atoms with Crippen molar-refractivity contribution in [3.63, 3.8) is 0 Å². The molecule has 3 heterocycles. The van der Waals surface area contributed by atoms with Gasteiger partial charge in [-0.25, -0.2) is 9.69 Å². The predicted molar refractivity (Wildman–Crippen MR) is 182 cm³/mol. The minimum absolute atomic E-state index is 0.0937. The minimum atomic E-state index is -0.763. The van der Waals surface area contributed by atoms with Crippen LogP contribution in [0.25, 0.3) is 6.08 Å². The van der Waals surface area contributed by atoms with Gasteiger partial charge in [-0.05, 0) is 77.4 Å². The van der Waals surface area contributed by atoms with Gasteiger partial charge in [0.1, 0.15) is 5.57 Å². The molecule has 1 fully saturated rings. The summed E-state index contributed by atoms with van der Waals surface area (Å²) >= 11 is 0. The maximum atomic E-state index is 14.2. The zero-order valence-corrected chi connectivity index (χ0v) is 26.6. The first-order valence-electron chi connectivity index (χ1n) is 16.2. The van der Waals surface area contributed by atoms with E-state index < -0.39 is 17.8 Å². The average molecular weight is 628 g/mol. The third kappa shape index (κ3) is 5.65. The number of ether oxygens (including phenoxy) is 2. The van der Waals surface area contributed by atoms with Crippen molar-refractivity contribution in [2.45, 2.75) is 38.0 Å². The van der Waals surface area contributed by atoms with Crippen LogP contribution in [0.3, 0.4) is 0 Å². The number of nitrogens with zero attached hydrogens (tertiary/aromatic N) is 2. The smallest absolute Gasteiger partial charge is 0.335 e. The van der Waals surface area contributed by atoms with Crippen LogP contribution >= 0.6 is 0 Å². The van der Waals surface area contributed by atoms with Gasteiger partial charge in [0.25, 0.3) is 11.8 Å². The Hall–Kier alpha value is -5.37. The lowest BCUT2D eigenvalue weighted by Crippen LogP contribution is -2.54. The van der Waals surface area contributed by atoms with Crippen molar-refractivity contribution >= 4 is 35.3 Å². The Morgan fingerprint density at radius 2 is 1.43 bits per heavy atom. The Balaban J connectivity index is 1.34. The SMILES string of the molecule is CCCOc1ccc(/C=C2\C(=O)NC(=O)N(c3cc4c5c(c3)[C@H](c3ccccc3)CCN5CC[C@@H]4c3ccccc3)C2=O)cc1OC. The van der Waals surface area contributed by atoms with Crippen molar-refractivity contribution in [1.82, 2.24) is 5.32 Å². The Bertz CT molecular complexity index is 1800. The molecule has 0 radical (unpaired) electrons. The van der Waals surface area contributed by atoms with Crippen LogP contribution in [0.4, 0.5) is 16.2 Å². The van der Waals surface area contributed by atoms with E-state index in [0.717, 1.165) is 48.4 Å². The number of anilines is 2. The van der Waals surface area contributed by atoms with Crippen LogP contribution in [0.2, 0.25) is 0 Å². The molecule has 1 saturated heterocycles. The summed E-state index contributed by atoms with van der Waals surface area (Å²) in [6, 6.07) is 29.2. The lowest BCUT2D eigenvalue weighted by Gasteiger charge is -2.44. The summed E-state index contributed by atoms with van der Waals surface area (Å²) in [7, 11) is 1.54. The number of nitrogens with one attached hydrogen (secondary N) is 1. The van der Waals surface area contributed by atoms with Crippen LogP contribution < -0.4 is 24.6 Å². The molecule has 0 spiro atoms.